The van der Waals surface area contributed by atoms with Crippen molar-refractivity contribution in [3.63, 3.8) is 0 Å². The molecule has 0 aliphatic carbocycles. The third kappa shape index (κ3) is 61.8. The first-order valence-corrected chi connectivity index (χ1v) is 35.7. The topological polar surface area (TPSA) is 114 Å². The van der Waals surface area contributed by atoms with E-state index in [2.05, 4.69) is 86.8 Å². The minimum absolute atomic E-state index is 0.0254. The van der Waals surface area contributed by atoms with Crippen molar-refractivity contribution in [2.24, 2.45) is 0 Å². The Morgan fingerprint density at radius 3 is 1.16 bits per heavy atom. The van der Waals surface area contributed by atoms with Gasteiger partial charge in [0.2, 0.25) is 5.91 Å². The number of esters is 1. The molecule has 1 N–H and O–H groups in total. The first-order valence-electron chi connectivity index (χ1n) is 34.2. The normalized spacial score (nSPS) is 14.0. The van der Waals surface area contributed by atoms with Crippen molar-refractivity contribution < 1.29 is 37.3 Å². The van der Waals surface area contributed by atoms with Gasteiger partial charge in [-0.3, -0.25) is 14.2 Å². The van der Waals surface area contributed by atoms with Crippen LogP contribution in [0.2, 0.25) is 0 Å². The number of hydrogen-bond donors (Lipinski definition) is 1. The number of ether oxygens (including phenoxy) is 1. The number of carbonyl (C=O) groups is 2. The molecule has 3 unspecified atom stereocenters. The first kappa shape index (κ1) is 78.5. The van der Waals surface area contributed by atoms with Crippen molar-refractivity contribution in [3.05, 3.63) is 72.9 Å². The highest BCUT2D eigenvalue weighted by atomic mass is 31.2. The fourth-order valence-corrected chi connectivity index (χ4v) is 10.5. The molecule has 0 aliphatic rings. The van der Waals surface area contributed by atoms with E-state index >= 15 is 0 Å². The summed E-state index contributed by atoms with van der Waals surface area (Å²) in [5.74, 6) is -0.544. The highest BCUT2D eigenvalue weighted by Gasteiger charge is 2.27. The third-order valence-corrected chi connectivity index (χ3v) is 16.1. The maximum absolute atomic E-state index is 13.6. The number of hydrogen-bond acceptors (Lipinski definition) is 7. The van der Waals surface area contributed by atoms with Gasteiger partial charge in [-0.2, -0.15) is 0 Å². The number of unbranched alkanes of at least 4 members (excludes halogenated alkanes) is 36. The monoisotopic (exact) mass is 1150 g/mol. The van der Waals surface area contributed by atoms with E-state index in [4.69, 9.17) is 13.8 Å². The number of nitrogens with one attached hydrogen (secondary N) is 1. The number of allylic oxidation sites excluding steroid dienone is 11. The summed E-state index contributed by atoms with van der Waals surface area (Å²) in [6.45, 7) is 6.82. The summed E-state index contributed by atoms with van der Waals surface area (Å²) in [6.07, 6.45) is 78.7. The Balaban J connectivity index is 5.09. The van der Waals surface area contributed by atoms with Crippen LogP contribution in [0.5, 0.6) is 0 Å². The van der Waals surface area contributed by atoms with Crippen LogP contribution in [-0.4, -0.2) is 69.4 Å². The van der Waals surface area contributed by atoms with E-state index in [9.17, 15) is 19.0 Å². The van der Waals surface area contributed by atoms with Gasteiger partial charge in [0.1, 0.15) is 19.3 Å². The van der Waals surface area contributed by atoms with E-state index in [0.29, 0.717) is 17.4 Å². The van der Waals surface area contributed by atoms with E-state index in [-0.39, 0.29) is 24.9 Å². The van der Waals surface area contributed by atoms with Crippen molar-refractivity contribution in [1.29, 1.82) is 0 Å². The van der Waals surface area contributed by atoms with Gasteiger partial charge in [-0.1, -0.05) is 274 Å². The summed E-state index contributed by atoms with van der Waals surface area (Å²) in [5.41, 5.74) is 0. The van der Waals surface area contributed by atoms with Crippen LogP contribution in [0.1, 0.15) is 316 Å². The molecule has 0 fully saturated rings. The van der Waals surface area contributed by atoms with Gasteiger partial charge in [0.15, 0.2) is 0 Å². The number of likely N-dealkylation sites (N-methyl/N-ethyl adjacent to an activating group) is 1. The Morgan fingerprint density at radius 2 is 0.753 bits per heavy atom. The molecule has 0 rings (SSSR count). The summed E-state index contributed by atoms with van der Waals surface area (Å²) in [4.78, 5) is 40.1. The Labute approximate surface area is 502 Å². The lowest BCUT2D eigenvalue weighted by atomic mass is 10.0. The van der Waals surface area contributed by atoms with Gasteiger partial charge in [-0.15, -0.1) is 0 Å². The van der Waals surface area contributed by atoms with Crippen LogP contribution < -0.4 is 10.2 Å². The second kappa shape index (κ2) is 60.6. The average Bonchev–Trinajstić information content (AvgIpc) is 3.44. The number of phosphoric acid groups is 1. The molecule has 0 saturated carbocycles. The van der Waals surface area contributed by atoms with Gasteiger partial charge < -0.3 is 28.5 Å². The van der Waals surface area contributed by atoms with Gasteiger partial charge in [0.25, 0.3) is 7.82 Å². The van der Waals surface area contributed by atoms with Crippen molar-refractivity contribution in [3.8, 4) is 0 Å². The predicted octanol–water partition coefficient (Wildman–Crippen LogP) is 20.9. The number of nitrogens with zero attached hydrogens (tertiary/aromatic N) is 1. The first-order chi connectivity index (χ1) is 39.4. The lowest BCUT2D eigenvalue weighted by molar-refractivity contribution is -0.870. The standard InChI is InChI=1S/C71H131N2O7P/c1-7-10-13-16-19-22-25-27-29-31-33-34-35-36-37-38-40-41-43-45-48-51-54-57-60-63-70(74)72-68(67-79-81(76,77)78-66-65-73(4,5)6)69(62-59-56-53-50-47-24-21-18-15-12-9-3)80-71(75)64-61-58-55-52-49-46-44-42-39-32-30-28-26-23-20-17-14-11-8-2/h19,22,27-30,33-34,36-37,59,62,68-69H,7-18,20-21,23-26,31-32,35,38-58,60-61,63-67H2,1-6H3,(H-,72,74,76,77)/b22-19-,29-27-,30-28+,34-33-,37-36-,62-59-. The highest BCUT2D eigenvalue weighted by molar-refractivity contribution is 7.45. The molecule has 0 aromatic carbocycles. The molecule has 0 spiro atoms. The molecular formula is C71H131N2O7P. The molecule has 1 amide bonds. The molecule has 9 nitrogen and oxygen atoms in total. The number of phosphoric ester groups is 1. The molecule has 10 heteroatoms. The van der Waals surface area contributed by atoms with Crippen LogP contribution in [0.3, 0.4) is 0 Å². The lowest BCUT2D eigenvalue weighted by Crippen LogP contribution is -2.47. The second-order valence-electron chi connectivity index (χ2n) is 24.3. The molecule has 0 bridgehead atoms. The number of amides is 1. The molecule has 0 aromatic rings. The summed E-state index contributed by atoms with van der Waals surface area (Å²) >= 11 is 0. The third-order valence-electron chi connectivity index (χ3n) is 15.1. The number of carbonyl (C=O) groups excluding carboxylic acids is 2. The SMILES string of the molecule is CCCCC/C=C\C/C=C\C/C=C\C/C=C\CCCCCCCCCCCC(=O)NC(COP(=O)([O-])OCC[N+](C)(C)C)C(/C=C\CCCCCCCCCCC)OC(=O)CCCCCCCCCCC/C=C/CCCCCCCC. The molecule has 472 valence electrons. The minimum atomic E-state index is -4.71. The number of rotatable bonds is 62. The summed E-state index contributed by atoms with van der Waals surface area (Å²) in [6, 6.07) is -0.895. The average molecular weight is 1160 g/mol. The van der Waals surface area contributed by atoms with E-state index < -0.39 is 26.6 Å². The van der Waals surface area contributed by atoms with Gasteiger partial charge in [0.05, 0.1) is 33.8 Å². The Hall–Kier alpha value is -2.55. The highest BCUT2D eigenvalue weighted by Crippen LogP contribution is 2.38. The van der Waals surface area contributed by atoms with Gasteiger partial charge >= 0.3 is 5.97 Å². The molecule has 0 radical (unpaired) electrons. The summed E-state index contributed by atoms with van der Waals surface area (Å²) in [7, 11) is 1.18. The van der Waals surface area contributed by atoms with Crippen LogP contribution in [0.4, 0.5) is 0 Å². The van der Waals surface area contributed by atoms with Crippen LogP contribution in [0, 0.1) is 0 Å². The van der Waals surface area contributed by atoms with Crippen molar-refractivity contribution in [2.75, 3.05) is 40.9 Å². The minimum Gasteiger partial charge on any atom is -0.756 e. The predicted molar refractivity (Wildman–Crippen MR) is 348 cm³/mol. The fraction of sp³-hybridized carbons (Fsp3) is 0.803. The fourth-order valence-electron chi connectivity index (χ4n) is 9.80. The molecular weight excluding hydrogens is 1020 g/mol. The van der Waals surface area contributed by atoms with Crippen LogP contribution in [-0.2, 0) is 27.9 Å². The lowest BCUT2D eigenvalue weighted by Gasteiger charge is -2.30. The zero-order valence-corrected chi connectivity index (χ0v) is 54.9. The summed E-state index contributed by atoms with van der Waals surface area (Å²) in [5, 5.41) is 3.04. The second-order valence-corrected chi connectivity index (χ2v) is 25.7. The maximum atomic E-state index is 13.6. The van der Waals surface area contributed by atoms with Crippen LogP contribution in [0.25, 0.3) is 0 Å². The Morgan fingerprint density at radius 1 is 0.432 bits per heavy atom. The molecule has 0 saturated heterocycles. The maximum Gasteiger partial charge on any atom is 0.306 e. The van der Waals surface area contributed by atoms with Crippen molar-refractivity contribution >= 4 is 19.7 Å². The molecule has 0 aliphatic heterocycles. The van der Waals surface area contributed by atoms with E-state index in [0.717, 1.165) is 89.9 Å². The quantitative estimate of drug-likeness (QED) is 0.0212. The molecule has 0 aromatic heterocycles. The number of quaternary nitrogens is 1. The van der Waals surface area contributed by atoms with Crippen LogP contribution >= 0.6 is 7.82 Å². The van der Waals surface area contributed by atoms with E-state index in [1.807, 2.05) is 33.3 Å². The smallest absolute Gasteiger partial charge is 0.306 e. The molecule has 3 atom stereocenters. The summed E-state index contributed by atoms with van der Waals surface area (Å²) < 4.78 is 30.4. The van der Waals surface area contributed by atoms with Gasteiger partial charge in [-0.05, 0) is 102 Å². The Kier molecular flexibility index (Phi) is 58.7. The zero-order chi connectivity index (χ0) is 59.3. The van der Waals surface area contributed by atoms with E-state index in [1.165, 1.54) is 193 Å². The van der Waals surface area contributed by atoms with Gasteiger partial charge in [-0.25, -0.2) is 0 Å². The van der Waals surface area contributed by atoms with Crippen LogP contribution in [0.15, 0.2) is 72.9 Å². The molecule has 81 heavy (non-hydrogen) atoms. The van der Waals surface area contributed by atoms with E-state index in [1.54, 1.807) is 0 Å². The largest absolute Gasteiger partial charge is 0.756 e. The van der Waals surface area contributed by atoms with Crippen molar-refractivity contribution in [2.45, 2.75) is 328 Å². The molecule has 0 heterocycles. The zero-order valence-electron chi connectivity index (χ0n) is 54.0. The van der Waals surface area contributed by atoms with Crippen molar-refractivity contribution in [1.82, 2.24) is 5.32 Å². The Bertz CT molecular complexity index is 1620. The van der Waals surface area contributed by atoms with Gasteiger partial charge in [0, 0.05) is 12.8 Å².